The molecule has 3 fully saturated rings. The molecule has 6 N–H and O–H groups in total. The average Bonchev–Trinajstić information content (AvgIpc) is 3.83. The van der Waals surface area contributed by atoms with Gasteiger partial charge in [0.25, 0.3) is 11.8 Å². The number of hydrogen-bond donors (Lipinski definition) is 6. The molecule has 1 aromatic rings. The SMILES string of the molecule is CCCC(NC(=O)C1CN(C(=O)OC(C)(C)C)CC1NC(=O)C(NC(=O)[C@@H](NC(=O)c1cnccn1)C1CCCCC1)C(C)(C)C)C(O)C(=O)NC1CC1. The monoisotopic (exact) mass is 756 g/mol. The maximum Gasteiger partial charge on any atom is 0.410 e. The summed E-state index contributed by atoms with van der Waals surface area (Å²) in [6.45, 7) is 12.3. The summed E-state index contributed by atoms with van der Waals surface area (Å²) in [5.74, 6) is -3.91. The van der Waals surface area contributed by atoms with Gasteiger partial charge in [-0.05, 0) is 64.2 Å². The van der Waals surface area contributed by atoms with Gasteiger partial charge in [-0.1, -0.05) is 53.4 Å². The van der Waals surface area contributed by atoms with Crippen molar-refractivity contribution in [2.75, 3.05) is 13.1 Å². The third kappa shape index (κ3) is 12.1. The van der Waals surface area contributed by atoms with Gasteiger partial charge >= 0.3 is 6.09 Å². The Bertz CT molecular complexity index is 1490. The fourth-order valence-electron chi connectivity index (χ4n) is 6.97. The third-order valence-electron chi connectivity index (χ3n) is 10.0. The summed E-state index contributed by atoms with van der Waals surface area (Å²) in [5, 5.41) is 25.2. The highest BCUT2D eigenvalue weighted by Gasteiger charge is 2.45. The number of nitrogens with zero attached hydrogens (tertiary/aromatic N) is 3. The summed E-state index contributed by atoms with van der Waals surface area (Å²) in [6.07, 6.45) is 8.84. The number of carbonyl (C=O) groups excluding carboxylic acids is 6. The molecule has 16 heteroatoms. The number of ether oxygens (including phenoxy) is 1. The van der Waals surface area contributed by atoms with Gasteiger partial charge in [0.1, 0.15) is 23.4 Å². The molecule has 2 aliphatic carbocycles. The van der Waals surface area contributed by atoms with Crippen LogP contribution in [-0.4, -0.2) is 111 Å². The quantitative estimate of drug-likeness (QED) is 0.162. The zero-order valence-electron chi connectivity index (χ0n) is 32.8. The van der Waals surface area contributed by atoms with Gasteiger partial charge in [0.15, 0.2) is 6.10 Å². The Balaban J connectivity index is 1.55. The van der Waals surface area contributed by atoms with Gasteiger partial charge in [-0.2, -0.15) is 0 Å². The minimum Gasteiger partial charge on any atom is -0.444 e. The average molecular weight is 757 g/mol. The van der Waals surface area contributed by atoms with E-state index in [-0.39, 0.29) is 30.7 Å². The van der Waals surface area contributed by atoms with Crippen LogP contribution in [-0.2, 0) is 23.9 Å². The van der Waals surface area contributed by atoms with E-state index in [1.807, 2.05) is 6.92 Å². The normalized spacial score (nSPS) is 21.5. The molecule has 3 aliphatic rings. The lowest BCUT2D eigenvalue weighted by molar-refractivity contribution is -0.135. The van der Waals surface area contributed by atoms with Crippen LogP contribution >= 0.6 is 0 Å². The largest absolute Gasteiger partial charge is 0.444 e. The van der Waals surface area contributed by atoms with Crippen molar-refractivity contribution < 1.29 is 38.6 Å². The number of aromatic nitrogens is 2. The summed E-state index contributed by atoms with van der Waals surface area (Å²) in [6, 6.07) is -3.83. The Morgan fingerprint density at radius 2 is 1.56 bits per heavy atom. The predicted molar refractivity (Wildman–Crippen MR) is 198 cm³/mol. The van der Waals surface area contributed by atoms with Crippen molar-refractivity contribution in [2.45, 2.75) is 148 Å². The van der Waals surface area contributed by atoms with Crippen LogP contribution in [0, 0.1) is 17.3 Å². The minimum atomic E-state index is -1.49. The predicted octanol–water partition coefficient (Wildman–Crippen LogP) is 1.96. The molecule has 2 saturated carbocycles. The van der Waals surface area contributed by atoms with Gasteiger partial charge in [-0.3, -0.25) is 29.0 Å². The first-order valence-corrected chi connectivity index (χ1v) is 19.3. The van der Waals surface area contributed by atoms with Gasteiger partial charge in [0, 0.05) is 31.5 Å². The summed E-state index contributed by atoms with van der Waals surface area (Å²) in [5.41, 5.74) is -1.58. The van der Waals surface area contributed by atoms with Gasteiger partial charge in [-0.25, -0.2) is 9.78 Å². The van der Waals surface area contributed by atoms with Gasteiger partial charge in [0.05, 0.1) is 24.2 Å². The van der Waals surface area contributed by atoms with Crippen LogP contribution in [0.3, 0.4) is 0 Å². The van der Waals surface area contributed by atoms with Crippen molar-refractivity contribution in [3.8, 4) is 0 Å². The number of carbonyl (C=O) groups is 6. The second-order valence-electron chi connectivity index (χ2n) is 17.0. The van der Waals surface area contributed by atoms with Crippen molar-refractivity contribution in [3.05, 3.63) is 24.3 Å². The number of amides is 6. The Labute approximate surface area is 318 Å². The molecule has 5 unspecified atom stereocenters. The second kappa shape index (κ2) is 18.3. The van der Waals surface area contributed by atoms with Crippen molar-refractivity contribution in [2.24, 2.45) is 17.3 Å². The van der Waals surface area contributed by atoms with Crippen LogP contribution in [0.1, 0.15) is 117 Å². The Hall–Kier alpha value is -4.34. The zero-order chi connectivity index (χ0) is 39.8. The van der Waals surface area contributed by atoms with E-state index in [1.165, 1.54) is 23.5 Å². The molecule has 300 valence electrons. The molecule has 1 saturated heterocycles. The molecular formula is C38H60N8O8. The van der Waals surface area contributed by atoms with E-state index >= 15 is 0 Å². The van der Waals surface area contributed by atoms with Crippen LogP contribution in [0.5, 0.6) is 0 Å². The van der Waals surface area contributed by atoms with Crippen LogP contribution in [0.4, 0.5) is 4.79 Å². The van der Waals surface area contributed by atoms with Crippen molar-refractivity contribution in [3.63, 3.8) is 0 Å². The Kier molecular flexibility index (Phi) is 14.4. The molecular weight excluding hydrogens is 696 g/mol. The molecule has 0 radical (unpaired) electrons. The molecule has 1 aliphatic heterocycles. The first-order valence-electron chi connectivity index (χ1n) is 19.3. The van der Waals surface area contributed by atoms with Crippen LogP contribution < -0.4 is 26.6 Å². The summed E-state index contributed by atoms with van der Waals surface area (Å²) >= 11 is 0. The van der Waals surface area contributed by atoms with Gasteiger partial charge in [-0.15, -0.1) is 0 Å². The number of aliphatic hydroxyl groups excluding tert-OH is 1. The van der Waals surface area contributed by atoms with Gasteiger partial charge < -0.3 is 41.3 Å². The van der Waals surface area contributed by atoms with Crippen LogP contribution in [0.15, 0.2) is 18.6 Å². The standard InChI is InChI=1S/C38H60N8O8/c1-8-12-25(29(47)34(51)41-23-15-16-23)42-31(48)24-20-46(36(53)54-38(5,6)7)21-27(24)43-35(52)30(37(2,3)4)45-33(50)28(22-13-10-9-11-14-22)44-32(49)26-19-39-17-18-40-26/h17-19,22-25,27-30,47H,8-16,20-21H2,1-7H3,(H,41,51)(H,42,48)(H,43,52)(H,44,49)(H,45,50)/t24?,25?,27?,28-,29?,30?/m0/s1. The summed E-state index contributed by atoms with van der Waals surface area (Å²) in [4.78, 5) is 90.8. The van der Waals surface area contributed by atoms with Crippen LogP contribution in [0.2, 0.25) is 0 Å². The lowest BCUT2D eigenvalue weighted by Crippen LogP contribution is -2.61. The molecule has 1 aromatic heterocycles. The highest BCUT2D eigenvalue weighted by molar-refractivity contribution is 5.97. The molecule has 6 amide bonds. The van der Waals surface area contributed by atoms with E-state index in [1.54, 1.807) is 41.5 Å². The second-order valence-corrected chi connectivity index (χ2v) is 17.0. The fourth-order valence-corrected chi connectivity index (χ4v) is 6.97. The zero-order valence-corrected chi connectivity index (χ0v) is 32.8. The molecule has 4 rings (SSSR count). The minimum absolute atomic E-state index is 0.0191. The molecule has 2 heterocycles. The highest BCUT2D eigenvalue weighted by atomic mass is 16.6. The van der Waals surface area contributed by atoms with E-state index < -0.39 is 82.8 Å². The number of likely N-dealkylation sites (tertiary alicyclic amines) is 1. The molecule has 0 spiro atoms. The van der Waals surface area contributed by atoms with E-state index in [9.17, 15) is 33.9 Å². The first-order chi connectivity index (χ1) is 25.4. The van der Waals surface area contributed by atoms with E-state index in [0.29, 0.717) is 12.8 Å². The molecule has 0 aromatic carbocycles. The lowest BCUT2D eigenvalue weighted by Gasteiger charge is -2.35. The summed E-state index contributed by atoms with van der Waals surface area (Å²) < 4.78 is 5.59. The van der Waals surface area contributed by atoms with E-state index in [4.69, 9.17) is 4.74 Å². The molecule has 6 atom stereocenters. The Morgan fingerprint density at radius 1 is 0.870 bits per heavy atom. The molecule has 54 heavy (non-hydrogen) atoms. The Morgan fingerprint density at radius 3 is 2.13 bits per heavy atom. The van der Waals surface area contributed by atoms with Gasteiger partial charge in [0.2, 0.25) is 17.7 Å². The summed E-state index contributed by atoms with van der Waals surface area (Å²) in [7, 11) is 0. The number of nitrogens with one attached hydrogen (secondary N) is 5. The van der Waals surface area contributed by atoms with Crippen molar-refractivity contribution >= 4 is 35.6 Å². The van der Waals surface area contributed by atoms with E-state index in [2.05, 4.69) is 36.6 Å². The number of hydrogen-bond acceptors (Lipinski definition) is 10. The van der Waals surface area contributed by atoms with Crippen molar-refractivity contribution in [1.29, 1.82) is 0 Å². The number of rotatable bonds is 14. The van der Waals surface area contributed by atoms with E-state index in [0.717, 1.165) is 44.9 Å². The maximum absolute atomic E-state index is 14.2. The van der Waals surface area contributed by atoms with Crippen molar-refractivity contribution in [1.82, 2.24) is 41.5 Å². The first kappa shape index (κ1) is 42.4. The number of aliphatic hydroxyl groups is 1. The van der Waals surface area contributed by atoms with Crippen LogP contribution in [0.25, 0.3) is 0 Å². The molecule has 0 bridgehead atoms. The highest BCUT2D eigenvalue weighted by Crippen LogP contribution is 2.29. The fraction of sp³-hybridized carbons (Fsp3) is 0.737. The third-order valence-corrected chi connectivity index (χ3v) is 10.0. The smallest absolute Gasteiger partial charge is 0.410 e. The topological polar surface area (TPSA) is 221 Å². The molecule has 16 nitrogen and oxygen atoms in total. The lowest BCUT2D eigenvalue weighted by atomic mass is 9.82. The maximum atomic E-state index is 14.2.